The highest BCUT2D eigenvalue weighted by Gasteiger charge is 2.73. The summed E-state index contributed by atoms with van der Waals surface area (Å²) < 4.78 is 0. The van der Waals surface area contributed by atoms with E-state index in [-0.39, 0.29) is 11.8 Å². The molecule has 4 aliphatic rings. The number of rotatable bonds is 1. The van der Waals surface area contributed by atoms with Crippen molar-refractivity contribution in [3.63, 3.8) is 0 Å². The van der Waals surface area contributed by atoms with Gasteiger partial charge in [-0.1, -0.05) is 66.2 Å². The first-order valence-corrected chi connectivity index (χ1v) is 11.2. The molecule has 6 heteroatoms. The van der Waals surface area contributed by atoms with Gasteiger partial charge in [-0.2, -0.15) is 0 Å². The first kappa shape index (κ1) is 19.4. The van der Waals surface area contributed by atoms with Crippen LogP contribution in [0.25, 0.3) is 0 Å². The Bertz CT molecular complexity index is 1200. The molecule has 3 aromatic rings. The van der Waals surface area contributed by atoms with Crippen LogP contribution in [-0.2, 0) is 19.3 Å². The van der Waals surface area contributed by atoms with E-state index in [2.05, 4.69) is 0 Å². The quantitative estimate of drug-likeness (QED) is 0.337. The molecule has 1 heterocycles. The summed E-state index contributed by atoms with van der Waals surface area (Å²) >= 11 is 21.1. The van der Waals surface area contributed by atoms with E-state index in [1.165, 1.54) is 4.90 Å². The second-order valence-corrected chi connectivity index (χ2v) is 10.0. The molecule has 2 atom stereocenters. The van der Waals surface area contributed by atoms with Gasteiger partial charge in [0.05, 0.1) is 17.5 Å². The number of amides is 2. The Morgan fingerprint density at radius 3 is 1.55 bits per heavy atom. The maximum atomic E-state index is 13.8. The van der Waals surface area contributed by atoms with E-state index >= 15 is 0 Å². The van der Waals surface area contributed by atoms with E-state index in [0.717, 1.165) is 27.8 Å². The highest BCUT2D eigenvalue weighted by molar-refractivity contribution is 6.39. The van der Waals surface area contributed by atoms with E-state index in [9.17, 15) is 9.59 Å². The summed E-state index contributed by atoms with van der Waals surface area (Å²) in [5.74, 6) is -2.33. The van der Waals surface area contributed by atoms with Crippen molar-refractivity contribution in [2.24, 2.45) is 11.8 Å². The Labute approximate surface area is 194 Å². The Kier molecular flexibility index (Phi) is 3.83. The fourth-order valence-electron chi connectivity index (χ4n) is 5.64. The second kappa shape index (κ2) is 6.13. The van der Waals surface area contributed by atoms with Gasteiger partial charge in [-0.25, -0.2) is 4.90 Å². The van der Waals surface area contributed by atoms with Crippen LogP contribution in [0.5, 0.6) is 0 Å². The van der Waals surface area contributed by atoms with Crippen LogP contribution in [0.4, 0.5) is 5.69 Å². The van der Waals surface area contributed by atoms with Gasteiger partial charge in [0, 0.05) is 5.02 Å². The van der Waals surface area contributed by atoms with Crippen LogP contribution in [-0.4, -0.2) is 11.8 Å². The number of anilines is 1. The summed E-state index contributed by atoms with van der Waals surface area (Å²) in [7, 11) is 0. The molecule has 1 saturated heterocycles. The molecule has 3 aromatic carbocycles. The highest BCUT2D eigenvalue weighted by Crippen LogP contribution is 2.69. The number of carbonyl (C=O) groups is 2. The number of hydrogen-bond donors (Lipinski definition) is 0. The van der Waals surface area contributed by atoms with Gasteiger partial charge < -0.3 is 0 Å². The summed E-state index contributed by atoms with van der Waals surface area (Å²) in [6.45, 7) is 1.87. The average Bonchev–Trinajstić information content (AvgIpc) is 3.05. The topological polar surface area (TPSA) is 37.4 Å². The van der Waals surface area contributed by atoms with Crippen molar-refractivity contribution in [1.29, 1.82) is 0 Å². The summed E-state index contributed by atoms with van der Waals surface area (Å²) in [4.78, 5) is 26.5. The summed E-state index contributed by atoms with van der Waals surface area (Å²) in [6.07, 6.45) is 0. The molecular formula is C25H16Cl3NO2. The minimum Gasteiger partial charge on any atom is -0.274 e. The Hall–Kier alpha value is -2.33. The van der Waals surface area contributed by atoms with Gasteiger partial charge in [-0.3, -0.25) is 9.59 Å². The number of carbonyl (C=O) groups excluding carboxylic acids is 2. The third-order valence-electron chi connectivity index (χ3n) is 7.00. The number of hydrogen-bond acceptors (Lipinski definition) is 2. The largest absolute Gasteiger partial charge is 0.274 e. The molecule has 0 aromatic heterocycles. The zero-order chi connectivity index (χ0) is 21.7. The smallest absolute Gasteiger partial charge is 0.240 e. The number of benzene rings is 3. The third kappa shape index (κ3) is 2.12. The lowest BCUT2D eigenvalue weighted by molar-refractivity contribution is -0.122. The molecular weight excluding hydrogens is 453 g/mol. The van der Waals surface area contributed by atoms with Gasteiger partial charge in [-0.05, 0) is 46.9 Å². The molecule has 0 radical (unpaired) electrons. The zero-order valence-corrected chi connectivity index (χ0v) is 18.7. The van der Waals surface area contributed by atoms with Gasteiger partial charge in [0.15, 0.2) is 0 Å². The van der Waals surface area contributed by atoms with Gasteiger partial charge in [0.1, 0.15) is 9.75 Å². The number of nitrogens with zero attached hydrogens (tertiary/aromatic N) is 1. The molecule has 0 unspecified atom stereocenters. The minimum atomic E-state index is -1.18. The molecule has 0 spiro atoms. The van der Waals surface area contributed by atoms with Crippen LogP contribution in [0.15, 0.2) is 66.7 Å². The lowest BCUT2D eigenvalue weighted by atomic mass is 9.54. The first-order chi connectivity index (χ1) is 14.8. The normalized spacial score (nSPS) is 30.3. The van der Waals surface area contributed by atoms with E-state index < -0.39 is 21.6 Å². The van der Waals surface area contributed by atoms with E-state index in [1.54, 1.807) is 18.2 Å². The predicted octanol–water partition coefficient (Wildman–Crippen LogP) is 5.75. The van der Waals surface area contributed by atoms with Crippen LogP contribution in [0.1, 0.15) is 27.8 Å². The van der Waals surface area contributed by atoms with Crippen molar-refractivity contribution < 1.29 is 9.59 Å². The lowest BCUT2D eigenvalue weighted by Crippen LogP contribution is -2.57. The molecule has 2 bridgehead atoms. The van der Waals surface area contributed by atoms with Crippen molar-refractivity contribution in [2.45, 2.75) is 16.7 Å². The zero-order valence-electron chi connectivity index (χ0n) is 16.4. The lowest BCUT2D eigenvalue weighted by Gasteiger charge is -2.54. The van der Waals surface area contributed by atoms with E-state index in [1.807, 2.05) is 55.5 Å². The van der Waals surface area contributed by atoms with Crippen LogP contribution in [0.2, 0.25) is 5.02 Å². The number of imide groups is 1. The molecule has 3 nitrogen and oxygen atoms in total. The molecule has 3 aliphatic carbocycles. The predicted molar refractivity (Wildman–Crippen MR) is 122 cm³/mol. The molecule has 0 saturated carbocycles. The van der Waals surface area contributed by atoms with Gasteiger partial charge in [0.2, 0.25) is 11.8 Å². The number of alkyl halides is 2. The highest BCUT2D eigenvalue weighted by atomic mass is 35.5. The van der Waals surface area contributed by atoms with Gasteiger partial charge in [0.25, 0.3) is 0 Å². The second-order valence-electron chi connectivity index (χ2n) is 8.42. The first-order valence-electron chi connectivity index (χ1n) is 10.0. The summed E-state index contributed by atoms with van der Waals surface area (Å²) in [6, 6.07) is 20.4. The fraction of sp³-hybridized carbons (Fsp3) is 0.200. The Morgan fingerprint density at radius 1 is 0.742 bits per heavy atom. The standard InChI is InChI=1S/C25H16Cl3NO2/c1-13-10-11-14(12-19(13)26)29-22(30)20-21(23(29)31)25(28)16-7-3-2-6-15(16)24(20,27)17-8-4-5-9-18(17)25/h2-12,20-21H,1H3/t20-,21+,24?,25?. The maximum Gasteiger partial charge on any atom is 0.240 e. The summed E-state index contributed by atoms with van der Waals surface area (Å²) in [5.41, 5.74) is 4.46. The molecule has 2 amide bonds. The Morgan fingerprint density at radius 2 is 1.16 bits per heavy atom. The molecule has 154 valence electrons. The van der Waals surface area contributed by atoms with E-state index in [0.29, 0.717) is 10.7 Å². The minimum absolute atomic E-state index is 0.348. The molecule has 0 N–H and O–H groups in total. The van der Waals surface area contributed by atoms with Crippen LogP contribution < -0.4 is 4.90 Å². The van der Waals surface area contributed by atoms with Gasteiger partial charge in [-0.15, -0.1) is 23.2 Å². The maximum absolute atomic E-state index is 13.8. The molecule has 1 aliphatic heterocycles. The molecule has 7 rings (SSSR count). The summed E-state index contributed by atoms with van der Waals surface area (Å²) in [5, 5.41) is 0.490. The van der Waals surface area contributed by atoms with Crippen LogP contribution in [0, 0.1) is 18.8 Å². The van der Waals surface area contributed by atoms with Crippen molar-refractivity contribution >= 4 is 52.3 Å². The van der Waals surface area contributed by atoms with Crippen LogP contribution in [0.3, 0.4) is 0 Å². The number of aryl methyl sites for hydroxylation is 1. The van der Waals surface area contributed by atoms with Crippen molar-refractivity contribution in [2.75, 3.05) is 4.90 Å². The number of halogens is 3. The third-order valence-corrected chi connectivity index (χ3v) is 8.69. The van der Waals surface area contributed by atoms with E-state index in [4.69, 9.17) is 34.8 Å². The molecule has 1 fully saturated rings. The average molecular weight is 469 g/mol. The van der Waals surface area contributed by atoms with Crippen LogP contribution >= 0.6 is 34.8 Å². The Balaban J connectivity index is 1.65. The van der Waals surface area contributed by atoms with Crippen molar-refractivity contribution in [3.8, 4) is 0 Å². The fourth-order valence-corrected chi connectivity index (χ4v) is 6.92. The van der Waals surface area contributed by atoms with Crippen molar-refractivity contribution in [3.05, 3.63) is 99.6 Å². The SMILES string of the molecule is Cc1ccc(N2C(=O)[C@@H]3[C@H](C2=O)C2(Cl)c4ccccc4C3(Cl)c3ccccc32)cc1Cl. The van der Waals surface area contributed by atoms with Gasteiger partial charge >= 0.3 is 0 Å². The molecule has 31 heavy (non-hydrogen) atoms. The van der Waals surface area contributed by atoms with Crippen molar-refractivity contribution in [1.82, 2.24) is 0 Å². The monoisotopic (exact) mass is 467 g/mol.